The molecule has 1 fully saturated rings. The highest BCUT2D eigenvalue weighted by Gasteiger charge is 2.36. The Balaban J connectivity index is 1.32. The molecule has 0 N–H and O–H groups in total. The van der Waals surface area contributed by atoms with Gasteiger partial charge in [0.1, 0.15) is 11.5 Å². The fourth-order valence-corrected chi connectivity index (χ4v) is 4.75. The van der Waals surface area contributed by atoms with Crippen LogP contribution in [-0.2, 0) is 28.9 Å². The Kier molecular flexibility index (Phi) is 9.83. The maximum atomic E-state index is 12.6. The van der Waals surface area contributed by atoms with Crippen LogP contribution < -0.4 is 9.47 Å². The summed E-state index contributed by atoms with van der Waals surface area (Å²) >= 11 is 0. The van der Waals surface area contributed by atoms with E-state index in [0.717, 1.165) is 36.3 Å². The number of nitrogens with zero attached hydrogens (tertiary/aromatic N) is 1. The highest BCUT2D eigenvalue weighted by atomic mass is 16.6. The van der Waals surface area contributed by atoms with Gasteiger partial charge in [-0.25, -0.2) is 4.79 Å². The summed E-state index contributed by atoms with van der Waals surface area (Å²) < 4.78 is 23.1. The Morgan fingerprint density at radius 2 is 1.73 bits per heavy atom. The molecule has 1 heterocycles. The van der Waals surface area contributed by atoms with Crippen molar-refractivity contribution in [3.8, 4) is 11.5 Å². The van der Waals surface area contributed by atoms with Gasteiger partial charge in [0.15, 0.2) is 0 Å². The SMILES string of the molecule is CCOC(=O)N1C[C@@H](OCc2ccccc2)C[C@H]1CCOc1ccccc1CCc1cccc(OC)c1. The number of carbonyl (C=O) groups excluding carboxylic acids is 1. The molecule has 1 amide bonds. The van der Waals surface area contributed by atoms with Crippen LogP contribution in [0.5, 0.6) is 11.5 Å². The molecule has 0 bridgehead atoms. The summed E-state index contributed by atoms with van der Waals surface area (Å²) in [4.78, 5) is 14.4. The number of rotatable bonds is 12. The Labute approximate surface area is 220 Å². The highest BCUT2D eigenvalue weighted by Crippen LogP contribution is 2.26. The first-order valence-corrected chi connectivity index (χ1v) is 13.1. The summed E-state index contributed by atoms with van der Waals surface area (Å²) in [7, 11) is 1.69. The van der Waals surface area contributed by atoms with Crippen LogP contribution in [0.4, 0.5) is 4.79 Å². The monoisotopic (exact) mass is 503 g/mol. The van der Waals surface area contributed by atoms with Gasteiger partial charge in [-0.1, -0.05) is 60.7 Å². The Hall–Kier alpha value is -3.51. The van der Waals surface area contributed by atoms with Crippen molar-refractivity contribution in [2.75, 3.05) is 26.9 Å². The number of ether oxygens (including phenoxy) is 4. The van der Waals surface area contributed by atoms with Crippen molar-refractivity contribution in [1.82, 2.24) is 4.90 Å². The second-order valence-corrected chi connectivity index (χ2v) is 9.26. The second kappa shape index (κ2) is 13.7. The van der Waals surface area contributed by atoms with Gasteiger partial charge in [0.25, 0.3) is 0 Å². The van der Waals surface area contributed by atoms with Gasteiger partial charge in [-0.15, -0.1) is 0 Å². The largest absolute Gasteiger partial charge is 0.497 e. The van der Waals surface area contributed by atoms with Crippen LogP contribution in [0.25, 0.3) is 0 Å². The Morgan fingerprint density at radius 1 is 0.946 bits per heavy atom. The number of benzene rings is 3. The zero-order chi connectivity index (χ0) is 25.9. The fraction of sp³-hybridized carbons (Fsp3) is 0.387. The van der Waals surface area contributed by atoms with Crippen molar-refractivity contribution in [2.24, 2.45) is 0 Å². The summed E-state index contributed by atoms with van der Waals surface area (Å²) in [5, 5.41) is 0. The smallest absolute Gasteiger partial charge is 0.410 e. The maximum Gasteiger partial charge on any atom is 0.410 e. The van der Waals surface area contributed by atoms with Crippen LogP contribution in [0.3, 0.4) is 0 Å². The van der Waals surface area contributed by atoms with Crippen LogP contribution in [-0.4, -0.2) is 50.0 Å². The van der Waals surface area contributed by atoms with Crippen molar-refractivity contribution in [3.05, 3.63) is 95.6 Å². The minimum atomic E-state index is -0.281. The van der Waals surface area contributed by atoms with Gasteiger partial charge in [0, 0.05) is 12.5 Å². The van der Waals surface area contributed by atoms with Crippen LogP contribution in [0.1, 0.15) is 36.5 Å². The number of likely N-dealkylation sites (tertiary alicyclic amines) is 1. The average Bonchev–Trinajstić information content (AvgIpc) is 3.35. The van der Waals surface area contributed by atoms with E-state index in [0.29, 0.717) is 32.8 Å². The molecule has 0 aliphatic carbocycles. The van der Waals surface area contributed by atoms with Gasteiger partial charge >= 0.3 is 6.09 Å². The minimum Gasteiger partial charge on any atom is -0.497 e. The molecular weight excluding hydrogens is 466 g/mol. The summed E-state index contributed by atoms with van der Waals surface area (Å²) in [6.45, 7) is 3.77. The zero-order valence-corrected chi connectivity index (χ0v) is 21.8. The van der Waals surface area contributed by atoms with E-state index in [1.54, 1.807) is 12.0 Å². The summed E-state index contributed by atoms with van der Waals surface area (Å²) in [6, 6.07) is 26.5. The van der Waals surface area contributed by atoms with Crippen LogP contribution in [0, 0.1) is 0 Å². The van der Waals surface area contributed by atoms with Gasteiger partial charge in [0.2, 0.25) is 0 Å². The van der Waals surface area contributed by atoms with E-state index in [2.05, 4.69) is 30.3 Å². The molecule has 1 saturated heterocycles. The number of aryl methyl sites for hydroxylation is 2. The molecule has 1 aliphatic rings. The van der Waals surface area contributed by atoms with Crippen molar-refractivity contribution >= 4 is 6.09 Å². The molecule has 1 aliphatic heterocycles. The van der Waals surface area contributed by atoms with E-state index in [4.69, 9.17) is 18.9 Å². The molecule has 0 aromatic heterocycles. The van der Waals surface area contributed by atoms with Gasteiger partial charge in [-0.3, -0.25) is 0 Å². The van der Waals surface area contributed by atoms with Crippen LogP contribution in [0.15, 0.2) is 78.9 Å². The summed E-state index contributed by atoms with van der Waals surface area (Å²) in [5.41, 5.74) is 3.53. The number of hydrogen-bond acceptors (Lipinski definition) is 5. The average molecular weight is 504 g/mol. The fourth-order valence-electron chi connectivity index (χ4n) is 4.75. The molecule has 3 aromatic carbocycles. The molecule has 0 unspecified atom stereocenters. The molecule has 0 saturated carbocycles. The first-order chi connectivity index (χ1) is 18.2. The molecule has 196 valence electrons. The predicted octanol–water partition coefficient (Wildman–Crippen LogP) is 6.07. The van der Waals surface area contributed by atoms with Crippen LogP contribution >= 0.6 is 0 Å². The molecule has 2 atom stereocenters. The first kappa shape index (κ1) is 26.6. The predicted molar refractivity (Wildman–Crippen MR) is 144 cm³/mol. The molecule has 4 rings (SSSR count). The molecule has 0 radical (unpaired) electrons. The highest BCUT2D eigenvalue weighted by molar-refractivity contribution is 5.68. The Morgan fingerprint density at radius 3 is 2.54 bits per heavy atom. The van der Waals surface area contributed by atoms with E-state index < -0.39 is 0 Å². The number of methoxy groups -OCH3 is 1. The molecule has 6 heteroatoms. The van der Waals surface area contributed by atoms with Crippen molar-refractivity contribution in [2.45, 2.75) is 51.4 Å². The Bertz CT molecular complexity index is 1120. The number of amides is 1. The zero-order valence-electron chi connectivity index (χ0n) is 21.8. The lowest BCUT2D eigenvalue weighted by molar-refractivity contribution is 0.0442. The van der Waals surface area contributed by atoms with E-state index in [1.807, 2.05) is 55.5 Å². The van der Waals surface area contributed by atoms with Gasteiger partial charge < -0.3 is 23.8 Å². The normalized spacial score (nSPS) is 17.0. The first-order valence-electron chi connectivity index (χ1n) is 13.1. The summed E-state index contributed by atoms with van der Waals surface area (Å²) in [6.07, 6.45) is 2.96. The topological polar surface area (TPSA) is 57.2 Å². The molecule has 37 heavy (non-hydrogen) atoms. The van der Waals surface area contributed by atoms with E-state index in [9.17, 15) is 4.79 Å². The molecular formula is C31H37NO5. The molecule has 3 aromatic rings. The minimum absolute atomic E-state index is 0.0174. The van der Waals surface area contributed by atoms with E-state index in [1.165, 1.54) is 11.1 Å². The number of carbonyl (C=O) groups is 1. The lowest BCUT2D eigenvalue weighted by atomic mass is 10.0. The molecule has 6 nitrogen and oxygen atoms in total. The van der Waals surface area contributed by atoms with Crippen molar-refractivity contribution in [1.29, 1.82) is 0 Å². The van der Waals surface area contributed by atoms with E-state index in [-0.39, 0.29) is 18.2 Å². The van der Waals surface area contributed by atoms with Crippen molar-refractivity contribution in [3.63, 3.8) is 0 Å². The van der Waals surface area contributed by atoms with Gasteiger partial charge in [-0.05, 0) is 61.1 Å². The van der Waals surface area contributed by atoms with Crippen LogP contribution in [0.2, 0.25) is 0 Å². The third-order valence-electron chi connectivity index (χ3n) is 6.71. The maximum absolute atomic E-state index is 12.6. The quantitative estimate of drug-likeness (QED) is 0.300. The van der Waals surface area contributed by atoms with Gasteiger partial charge in [0.05, 0.1) is 39.6 Å². The molecule has 0 spiro atoms. The third-order valence-corrected chi connectivity index (χ3v) is 6.71. The number of para-hydroxylation sites is 1. The number of hydrogen-bond donors (Lipinski definition) is 0. The summed E-state index contributed by atoms with van der Waals surface area (Å²) in [5.74, 6) is 1.76. The second-order valence-electron chi connectivity index (χ2n) is 9.26. The van der Waals surface area contributed by atoms with Gasteiger partial charge in [-0.2, -0.15) is 0 Å². The lowest BCUT2D eigenvalue weighted by Gasteiger charge is -2.23. The lowest BCUT2D eigenvalue weighted by Crippen LogP contribution is -2.37. The van der Waals surface area contributed by atoms with E-state index >= 15 is 0 Å². The third kappa shape index (κ3) is 7.73. The van der Waals surface area contributed by atoms with Crippen molar-refractivity contribution < 1.29 is 23.7 Å². The standard InChI is InChI=1S/C31H37NO5/c1-3-35-31(33)32-22-29(37-23-25-10-5-4-6-11-25)21-27(32)18-19-36-30-15-8-7-13-26(30)17-16-24-12-9-14-28(20-24)34-2/h4-15,20,27,29H,3,16-19,21-23H2,1-2H3/t27-,29+/m1/s1.